The van der Waals surface area contributed by atoms with Crippen LogP contribution in [0.5, 0.6) is 0 Å². The summed E-state index contributed by atoms with van der Waals surface area (Å²) in [4.78, 5) is 10.6. The quantitative estimate of drug-likeness (QED) is 0.521. The fraction of sp³-hybridized carbons (Fsp3) is 0.333. The third kappa shape index (κ3) is 4.92. The summed E-state index contributed by atoms with van der Waals surface area (Å²) in [6, 6.07) is 0. The van der Waals surface area contributed by atoms with Crippen LogP contribution in [-0.4, -0.2) is 51.1 Å². The molecule has 6 nitrogen and oxygen atoms in total. The maximum absolute atomic E-state index is 4.85. The van der Waals surface area contributed by atoms with Gasteiger partial charge < -0.3 is 20.4 Å². The standard InChI is InChI=1S/C15H23N5O/c1-6-17-10-14(9-16-3)20(4)12(2)7-13-8-18-11-15(13)19-21-5/h6-7,9,17-18H,1-3,8,10-11H2,4-5H3/b13-7-,14-9+,19-15-. The van der Waals surface area contributed by atoms with E-state index in [1.807, 2.05) is 18.0 Å². The van der Waals surface area contributed by atoms with Gasteiger partial charge in [0.15, 0.2) is 0 Å². The molecule has 0 aliphatic carbocycles. The first kappa shape index (κ1) is 16.7. The average Bonchev–Trinajstić information content (AvgIpc) is 2.90. The minimum Gasteiger partial charge on any atom is -0.399 e. The number of oxime groups is 1. The van der Waals surface area contributed by atoms with Gasteiger partial charge in [0.25, 0.3) is 0 Å². The summed E-state index contributed by atoms with van der Waals surface area (Å²) in [5.74, 6) is 0. The van der Waals surface area contributed by atoms with E-state index >= 15 is 0 Å². The third-order valence-corrected chi connectivity index (χ3v) is 3.05. The Balaban J connectivity index is 2.85. The minimum atomic E-state index is 0.596. The molecule has 0 bridgehead atoms. The molecule has 6 heteroatoms. The molecule has 1 aliphatic rings. The highest BCUT2D eigenvalue weighted by molar-refractivity contribution is 6.04. The van der Waals surface area contributed by atoms with Gasteiger partial charge >= 0.3 is 0 Å². The summed E-state index contributed by atoms with van der Waals surface area (Å²) >= 11 is 0. The van der Waals surface area contributed by atoms with Gasteiger partial charge in [-0.05, 0) is 24.6 Å². The predicted octanol–water partition coefficient (Wildman–Crippen LogP) is 1.24. The molecular formula is C15H23N5O. The Labute approximate surface area is 126 Å². The van der Waals surface area contributed by atoms with Crippen molar-refractivity contribution < 1.29 is 4.84 Å². The van der Waals surface area contributed by atoms with E-state index in [0.29, 0.717) is 13.1 Å². The number of likely N-dealkylation sites (N-methyl/N-ethyl adjacent to an activating group) is 1. The summed E-state index contributed by atoms with van der Waals surface area (Å²) in [6.45, 7) is 13.3. The molecule has 2 N–H and O–H groups in total. The highest BCUT2D eigenvalue weighted by Crippen LogP contribution is 2.14. The van der Waals surface area contributed by atoms with Crippen molar-refractivity contribution in [1.29, 1.82) is 0 Å². The topological polar surface area (TPSA) is 61.2 Å². The number of nitrogens with zero attached hydrogens (tertiary/aromatic N) is 3. The number of aliphatic imine (C=N–C) groups is 1. The van der Waals surface area contributed by atoms with Crippen molar-refractivity contribution >= 4 is 12.4 Å². The molecule has 0 spiro atoms. The third-order valence-electron chi connectivity index (χ3n) is 3.05. The van der Waals surface area contributed by atoms with Gasteiger partial charge in [-0.3, -0.25) is 4.99 Å². The van der Waals surface area contributed by atoms with Crippen LogP contribution in [0.2, 0.25) is 0 Å². The Morgan fingerprint density at radius 3 is 2.90 bits per heavy atom. The van der Waals surface area contributed by atoms with Crippen LogP contribution in [0, 0.1) is 0 Å². The summed E-state index contributed by atoms with van der Waals surface area (Å²) in [6.07, 6.45) is 5.32. The molecule has 0 aromatic heterocycles. The molecule has 0 unspecified atom stereocenters. The lowest BCUT2D eigenvalue weighted by Gasteiger charge is -2.23. The van der Waals surface area contributed by atoms with Crippen LogP contribution in [-0.2, 0) is 4.84 Å². The van der Waals surface area contributed by atoms with Gasteiger partial charge in [-0.2, -0.15) is 0 Å². The lowest BCUT2D eigenvalue weighted by atomic mass is 10.1. The van der Waals surface area contributed by atoms with E-state index in [1.165, 1.54) is 0 Å². The summed E-state index contributed by atoms with van der Waals surface area (Å²) in [5.41, 5.74) is 3.72. The fourth-order valence-corrected chi connectivity index (χ4v) is 1.88. The second-order valence-corrected chi connectivity index (χ2v) is 4.43. The molecule has 1 saturated heterocycles. The van der Waals surface area contributed by atoms with E-state index in [-0.39, 0.29) is 0 Å². The van der Waals surface area contributed by atoms with E-state index in [2.05, 4.69) is 40.7 Å². The smallest absolute Gasteiger partial charge is 0.106 e. The molecule has 21 heavy (non-hydrogen) atoms. The van der Waals surface area contributed by atoms with Crippen LogP contribution < -0.4 is 10.6 Å². The summed E-state index contributed by atoms with van der Waals surface area (Å²) in [7, 11) is 3.47. The first-order valence-corrected chi connectivity index (χ1v) is 6.57. The molecule has 1 fully saturated rings. The first-order chi connectivity index (χ1) is 10.1. The fourth-order valence-electron chi connectivity index (χ4n) is 1.88. The molecule has 0 aromatic rings. The highest BCUT2D eigenvalue weighted by atomic mass is 16.6. The highest BCUT2D eigenvalue weighted by Gasteiger charge is 2.16. The van der Waals surface area contributed by atoms with Crippen LogP contribution in [0.25, 0.3) is 0 Å². The Kier molecular flexibility index (Phi) is 6.97. The lowest BCUT2D eigenvalue weighted by molar-refractivity contribution is 0.213. The maximum Gasteiger partial charge on any atom is 0.106 e. The number of rotatable bonds is 8. The van der Waals surface area contributed by atoms with Crippen LogP contribution in [0.15, 0.2) is 58.7 Å². The normalized spacial score (nSPS) is 18.7. The zero-order valence-electron chi connectivity index (χ0n) is 12.7. The van der Waals surface area contributed by atoms with Crippen LogP contribution in [0.3, 0.4) is 0 Å². The van der Waals surface area contributed by atoms with Gasteiger partial charge in [0.05, 0.1) is 18.0 Å². The van der Waals surface area contributed by atoms with Crippen molar-refractivity contribution in [3.63, 3.8) is 0 Å². The van der Waals surface area contributed by atoms with Gasteiger partial charge in [0.1, 0.15) is 7.11 Å². The van der Waals surface area contributed by atoms with E-state index < -0.39 is 0 Å². The molecule has 0 atom stereocenters. The zero-order valence-corrected chi connectivity index (χ0v) is 12.7. The van der Waals surface area contributed by atoms with Crippen molar-refractivity contribution in [3.8, 4) is 0 Å². The molecule has 1 aliphatic heterocycles. The molecule has 1 rings (SSSR count). The molecule has 0 amide bonds. The average molecular weight is 289 g/mol. The van der Waals surface area contributed by atoms with E-state index in [1.54, 1.807) is 19.5 Å². The summed E-state index contributed by atoms with van der Waals surface area (Å²) < 4.78 is 0. The van der Waals surface area contributed by atoms with Gasteiger partial charge in [-0.25, -0.2) is 0 Å². The molecular weight excluding hydrogens is 266 g/mol. The van der Waals surface area contributed by atoms with Crippen molar-refractivity contribution in [2.45, 2.75) is 0 Å². The van der Waals surface area contributed by atoms with E-state index in [4.69, 9.17) is 4.84 Å². The first-order valence-electron chi connectivity index (χ1n) is 6.57. The minimum absolute atomic E-state index is 0.596. The van der Waals surface area contributed by atoms with Crippen molar-refractivity contribution in [3.05, 3.63) is 48.6 Å². The van der Waals surface area contributed by atoms with Crippen LogP contribution in [0.1, 0.15) is 0 Å². The Morgan fingerprint density at radius 2 is 2.29 bits per heavy atom. The maximum atomic E-state index is 4.85. The predicted molar refractivity (Wildman–Crippen MR) is 88.1 cm³/mol. The van der Waals surface area contributed by atoms with Gasteiger partial charge in [0, 0.05) is 32.0 Å². The second kappa shape index (κ2) is 8.76. The molecule has 114 valence electrons. The van der Waals surface area contributed by atoms with E-state index in [0.717, 1.165) is 29.2 Å². The molecule has 0 saturated carbocycles. The number of hydrogen-bond donors (Lipinski definition) is 2. The monoisotopic (exact) mass is 289 g/mol. The zero-order chi connectivity index (χ0) is 15.7. The summed E-state index contributed by atoms with van der Waals surface area (Å²) in [5, 5.41) is 10.3. The molecule has 0 radical (unpaired) electrons. The van der Waals surface area contributed by atoms with E-state index in [9.17, 15) is 0 Å². The lowest BCUT2D eigenvalue weighted by Crippen LogP contribution is -2.23. The second-order valence-electron chi connectivity index (χ2n) is 4.43. The molecule has 1 heterocycles. The van der Waals surface area contributed by atoms with Crippen molar-refractivity contribution in [2.24, 2.45) is 10.1 Å². The van der Waals surface area contributed by atoms with Gasteiger partial charge in [-0.15, -0.1) is 0 Å². The van der Waals surface area contributed by atoms with Gasteiger partial charge in [-0.1, -0.05) is 18.3 Å². The number of allylic oxidation sites excluding steroid dienone is 1. The SMILES string of the molecule is C=CNC/C(=C\N=C)N(C)C(=C)/C=C1/CNC/C1=N/OC. The Bertz CT molecular complexity index is 490. The largest absolute Gasteiger partial charge is 0.399 e. The Hall–Kier alpha value is -2.34. The van der Waals surface area contributed by atoms with Crippen molar-refractivity contribution in [2.75, 3.05) is 33.8 Å². The molecule has 0 aromatic carbocycles. The van der Waals surface area contributed by atoms with Crippen molar-refractivity contribution in [1.82, 2.24) is 15.5 Å². The number of nitrogens with one attached hydrogen (secondary N) is 2. The van der Waals surface area contributed by atoms with Gasteiger partial charge in [0.2, 0.25) is 0 Å². The van der Waals surface area contributed by atoms with Crippen LogP contribution >= 0.6 is 0 Å². The number of hydrogen-bond acceptors (Lipinski definition) is 6. The van der Waals surface area contributed by atoms with Crippen LogP contribution in [0.4, 0.5) is 0 Å². The Morgan fingerprint density at radius 1 is 1.52 bits per heavy atom.